The molecule has 1 aromatic carbocycles. The van der Waals surface area contributed by atoms with Crippen molar-refractivity contribution in [1.82, 2.24) is 5.32 Å². The third-order valence-electron chi connectivity index (χ3n) is 4.46. The molecule has 0 spiro atoms. The molecule has 0 saturated carbocycles. The third-order valence-corrected chi connectivity index (χ3v) is 4.46. The summed E-state index contributed by atoms with van der Waals surface area (Å²) in [6.07, 6.45) is 0.571. The Hall–Kier alpha value is -1.55. The highest BCUT2D eigenvalue weighted by atomic mass is 16.5. The van der Waals surface area contributed by atoms with Crippen molar-refractivity contribution in [3.05, 3.63) is 35.9 Å². The second-order valence-electron chi connectivity index (χ2n) is 6.80. The molecule has 1 N–H and O–H groups in total. The Morgan fingerprint density at radius 3 is 2.32 bits per heavy atom. The van der Waals surface area contributed by atoms with Crippen LogP contribution >= 0.6 is 0 Å². The van der Waals surface area contributed by atoms with Crippen molar-refractivity contribution >= 4 is 6.09 Å². The van der Waals surface area contributed by atoms with Crippen molar-refractivity contribution in [2.45, 2.75) is 46.3 Å². The molecular formula is C18H31N2O2+. The Morgan fingerprint density at radius 2 is 1.77 bits per heavy atom. The van der Waals surface area contributed by atoms with Gasteiger partial charge < -0.3 is 14.5 Å². The van der Waals surface area contributed by atoms with E-state index in [9.17, 15) is 4.79 Å². The highest BCUT2D eigenvalue weighted by molar-refractivity contribution is 5.68. The molecule has 0 saturated heterocycles. The molecule has 0 unspecified atom stereocenters. The molecule has 0 bridgehead atoms. The number of hydrogen-bond donors (Lipinski definition) is 1. The Bertz CT molecular complexity index is 453. The number of quaternary nitrogens is 1. The molecule has 124 valence electrons. The van der Waals surface area contributed by atoms with E-state index >= 15 is 0 Å². The molecule has 1 amide bonds. The Morgan fingerprint density at radius 1 is 1.18 bits per heavy atom. The maximum Gasteiger partial charge on any atom is 0.407 e. The predicted octanol–water partition coefficient (Wildman–Crippen LogP) is 3.57. The Balaban J connectivity index is 2.41. The van der Waals surface area contributed by atoms with Gasteiger partial charge >= 0.3 is 6.09 Å². The fourth-order valence-electron chi connectivity index (χ4n) is 2.19. The molecule has 0 aliphatic carbocycles. The molecular weight excluding hydrogens is 276 g/mol. The molecule has 4 nitrogen and oxygen atoms in total. The van der Waals surface area contributed by atoms with E-state index in [0.717, 1.165) is 36.1 Å². The number of ether oxygens (including phenoxy) is 1. The summed E-state index contributed by atoms with van der Waals surface area (Å²) in [7, 11) is 2.25. The first-order chi connectivity index (χ1) is 10.3. The van der Waals surface area contributed by atoms with Gasteiger partial charge in [0.05, 0.1) is 26.7 Å². The Labute approximate surface area is 135 Å². The summed E-state index contributed by atoms with van der Waals surface area (Å²) in [6, 6.07) is 9.72. The van der Waals surface area contributed by atoms with E-state index in [1.54, 1.807) is 0 Å². The summed E-state index contributed by atoms with van der Waals surface area (Å²) in [6.45, 7) is 12.1. The average molecular weight is 307 g/mol. The van der Waals surface area contributed by atoms with Gasteiger partial charge in [-0.25, -0.2) is 4.79 Å². The molecule has 4 heteroatoms. The fourth-order valence-corrected chi connectivity index (χ4v) is 2.19. The lowest BCUT2D eigenvalue weighted by Crippen LogP contribution is -2.50. The minimum Gasteiger partial charge on any atom is -0.445 e. The van der Waals surface area contributed by atoms with Crippen molar-refractivity contribution in [3.8, 4) is 0 Å². The summed E-state index contributed by atoms with van der Waals surface area (Å²) in [5.74, 6) is 0. The van der Waals surface area contributed by atoms with E-state index in [1.165, 1.54) is 0 Å². The topological polar surface area (TPSA) is 38.3 Å². The van der Waals surface area contributed by atoms with Gasteiger partial charge in [0.25, 0.3) is 0 Å². The van der Waals surface area contributed by atoms with Gasteiger partial charge in [0.15, 0.2) is 0 Å². The summed E-state index contributed by atoms with van der Waals surface area (Å²) < 4.78 is 6.31. The van der Waals surface area contributed by atoms with Crippen LogP contribution in [0.4, 0.5) is 4.79 Å². The zero-order valence-corrected chi connectivity index (χ0v) is 14.7. The molecule has 0 aliphatic rings. The van der Waals surface area contributed by atoms with E-state index in [1.807, 2.05) is 44.2 Å². The van der Waals surface area contributed by atoms with Crippen LogP contribution in [0.25, 0.3) is 0 Å². The number of benzene rings is 1. The van der Waals surface area contributed by atoms with Crippen LogP contribution in [0.15, 0.2) is 30.3 Å². The molecule has 0 heterocycles. The number of nitrogens with zero attached hydrogens (tertiary/aromatic N) is 1. The smallest absolute Gasteiger partial charge is 0.407 e. The first-order valence-corrected chi connectivity index (χ1v) is 8.12. The van der Waals surface area contributed by atoms with E-state index in [-0.39, 0.29) is 11.6 Å². The molecule has 1 rings (SSSR count). The van der Waals surface area contributed by atoms with Gasteiger partial charge in [0.1, 0.15) is 6.61 Å². The van der Waals surface area contributed by atoms with Crippen LogP contribution in [-0.4, -0.2) is 42.8 Å². The minimum atomic E-state index is -0.351. The minimum absolute atomic E-state index is 0.266. The summed E-state index contributed by atoms with van der Waals surface area (Å²) >= 11 is 0. The number of rotatable bonds is 8. The van der Waals surface area contributed by atoms with Gasteiger partial charge in [0, 0.05) is 12.0 Å². The van der Waals surface area contributed by atoms with E-state index in [0.29, 0.717) is 6.61 Å². The second kappa shape index (κ2) is 8.18. The number of amides is 1. The fraction of sp³-hybridized carbons (Fsp3) is 0.611. The van der Waals surface area contributed by atoms with Crippen LogP contribution in [0.3, 0.4) is 0 Å². The largest absolute Gasteiger partial charge is 0.445 e. The lowest BCUT2D eigenvalue weighted by atomic mass is 10.00. The van der Waals surface area contributed by atoms with E-state index in [2.05, 4.69) is 26.2 Å². The first kappa shape index (κ1) is 18.5. The molecule has 0 radical (unpaired) electrons. The molecule has 0 atom stereocenters. The van der Waals surface area contributed by atoms with Crippen molar-refractivity contribution in [3.63, 3.8) is 0 Å². The molecule has 0 aliphatic heterocycles. The van der Waals surface area contributed by atoms with Crippen LogP contribution in [0, 0.1) is 0 Å². The molecule has 22 heavy (non-hydrogen) atoms. The highest BCUT2D eigenvalue weighted by Gasteiger charge is 2.26. The number of hydrogen-bond acceptors (Lipinski definition) is 2. The van der Waals surface area contributed by atoms with Crippen molar-refractivity contribution in [2.75, 3.05) is 26.7 Å². The van der Waals surface area contributed by atoms with Gasteiger partial charge in [-0.15, -0.1) is 0 Å². The second-order valence-corrected chi connectivity index (χ2v) is 6.80. The SMILES string of the molecule is CC[N+](C)(CC)CCC(C)(C)NC(=O)OCc1ccccc1. The van der Waals surface area contributed by atoms with Crippen LogP contribution in [0.1, 0.15) is 39.7 Å². The maximum atomic E-state index is 12.0. The summed E-state index contributed by atoms with van der Waals surface area (Å²) in [5.41, 5.74) is 0.731. The van der Waals surface area contributed by atoms with Crippen molar-refractivity contribution in [2.24, 2.45) is 0 Å². The number of alkyl carbamates (subject to hydrolysis) is 1. The number of carbonyl (C=O) groups is 1. The van der Waals surface area contributed by atoms with Crippen LogP contribution in [0.5, 0.6) is 0 Å². The van der Waals surface area contributed by atoms with Gasteiger partial charge in [0.2, 0.25) is 0 Å². The highest BCUT2D eigenvalue weighted by Crippen LogP contribution is 2.14. The normalized spacial score (nSPS) is 12.0. The van der Waals surface area contributed by atoms with Crippen LogP contribution < -0.4 is 5.32 Å². The number of carbonyl (C=O) groups excluding carboxylic acids is 1. The monoisotopic (exact) mass is 307 g/mol. The zero-order valence-electron chi connectivity index (χ0n) is 14.7. The van der Waals surface area contributed by atoms with Crippen LogP contribution in [0.2, 0.25) is 0 Å². The zero-order chi connectivity index (χ0) is 16.6. The molecule has 1 aromatic rings. The Kier molecular flexibility index (Phi) is 6.88. The van der Waals surface area contributed by atoms with E-state index < -0.39 is 0 Å². The van der Waals surface area contributed by atoms with E-state index in [4.69, 9.17) is 4.74 Å². The van der Waals surface area contributed by atoms with Gasteiger partial charge in [-0.1, -0.05) is 30.3 Å². The average Bonchev–Trinajstić information content (AvgIpc) is 2.51. The van der Waals surface area contributed by atoms with Crippen LogP contribution in [-0.2, 0) is 11.3 Å². The summed E-state index contributed by atoms with van der Waals surface area (Å²) in [4.78, 5) is 12.0. The maximum absolute atomic E-state index is 12.0. The standard InChI is InChI=1S/C18H30N2O2/c1-6-20(5,7-2)14-13-18(3,4)19-17(21)22-15-16-11-9-8-10-12-16/h8-12H,6-7,13-15H2,1-5H3/p+1. The number of nitrogens with one attached hydrogen (secondary N) is 1. The van der Waals surface area contributed by atoms with Gasteiger partial charge in [-0.3, -0.25) is 0 Å². The third kappa shape index (κ3) is 6.48. The molecule has 0 aromatic heterocycles. The van der Waals surface area contributed by atoms with Crippen molar-refractivity contribution in [1.29, 1.82) is 0 Å². The predicted molar refractivity (Wildman–Crippen MR) is 90.6 cm³/mol. The quantitative estimate of drug-likeness (QED) is 0.746. The first-order valence-electron chi connectivity index (χ1n) is 8.12. The molecule has 0 fully saturated rings. The van der Waals surface area contributed by atoms with Crippen molar-refractivity contribution < 1.29 is 14.0 Å². The lowest BCUT2D eigenvalue weighted by molar-refractivity contribution is -0.906. The van der Waals surface area contributed by atoms with Gasteiger partial charge in [-0.05, 0) is 33.3 Å². The summed E-state index contributed by atoms with van der Waals surface area (Å²) in [5, 5.41) is 2.98. The lowest BCUT2D eigenvalue weighted by Gasteiger charge is -2.35. The van der Waals surface area contributed by atoms with Gasteiger partial charge in [-0.2, -0.15) is 0 Å².